The van der Waals surface area contributed by atoms with Crippen LogP contribution in [0.2, 0.25) is 5.02 Å². The van der Waals surface area contributed by atoms with Gasteiger partial charge in [0.1, 0.15) is 4.90 Å². The van der Waals surface area contributed by atoms with E-state index in [1.807, 2.05) is 0 Å². The monoisotopic (exact) mass is 331 g/mol. The van der Waals surface area contributed by atoms with Gasteiger partial charge in [-0.1, -0.05) is 11.6 Å². The van der Waals surface area contributed by atoms with Gasteiger partial charge in [-0.3, -0.25) is 4.79 Å². The number of nitrogens with zero attached hydrogens (tertiary/aromatic N) is 1. The number of carbonyl (C=O) groups excluding carboxylic acids is 1. The standard InChI is InChI=1S/C10H9Cl2F2NO3S/c1-3-15(2)10(16)5-4-6(13)8(14)9(7(5)11)19(12,17)18/h4H,3H2,1-2H3. The summed E-state index contributed by atoms with van der Waals surface area (Å²) in [5.41, 5.74) is -0.468. The van der Waals surface area contributed by atoms with Gasteiger partial charge in [-0.25, -0.2) is 17.2 Å². The maximum absolute atomic E-state index is 13.4. The molecule has 0 radical (unpaired) electrons. The van der Waals surface area contributed by atoms with Gasteiger partial charge in [0.25, 0.3) is 15.0 Å². The second-order valence-electron chi connectivity index (χ2n) is 3.62. The number of hydrogen-bond acceptors (Lipinski definition) is 3. The maximum atomic E-state index is 13.4. The molecule has 0 aliphatic rings. The van der Waals surface area contributed by atoms with Crippen LogP contribution in [0.5, 0.6) is 0 Å². The first-order chi connectivity index (χ1) is 8.61. The van der Waals surface area contributed by atoms with E-state index in [-0.39, 0.29) is 6.54 Å². The van der Waals surface area contributed by atoms with Crippen molar-refractivity contribution in [1.29, 1.82) is 0 Å². The van der Waals surface area contributed by atoms with Crippen molar-refractivity contribution in [1.82, 2.24) is 4.90 Å². The molecular formula is C10H9Cl2F2NO3S. The van der Waals surface area contributed by atoms with E-state index in [1.165, 1.54) is 7.05 Å². The van der Waals surface area contributed by atoms with Crippen LogP contribution in [-0.4, -0.2) is 32.8 Å². The molecule has 0 bridgehead atoms. The van der Waals surface area contributed by atoms with Crippen molar-refractivity contribution in [2.24, 2.45) is 0 Å². The Morgan fingerprint density at radius 2 is 1.95 bits per heavy atom. The molecule has 0 fully saturated rings. The predicted molar refractivity (Wildman–Crippen MR) is 67.0 cm³/mol. The highest BCUT2D eigenvalue weighted by Gasteiger charge is 2.29. The fraction of sp³-hybridized carbons (Fsp3) is 0.300. The van der Waals surface area contributed by atoms with E-state index in [4.69, 9.17) is 22.3 Å². The van der Waals surface area contributed by atoms with E-state index in [9.17, 15) is 22.0 Å². The van der Waals surface area contributed by atoms with Crippen molar-refractivity contribution < 1.29 is 22.0 Å². The third-order valence-corrected chi connectivity index (χ3v) is 4.25. The number of halogens is 4. The van der Waals surface area contributed by atoms with Gasteiger partial charge in [-0.2, -0.15) is 0 Å². The summed E-state index contributed by atoms with van der Waals surface area (Å²) >= 11 is 5.65. The van der Waals surface area contributed by atoms with Gasteiger partial charge in [-0.05, 0) is 13.0 Å². The minimum absolute atomic E-state index is 0.275. The number of carbonyl (C=O) groups is 1. The van der Waals surface area contributed by atoms with Crippen molar-refractivity contribution in [2.75, 3.05) is 13.6 Å². The summed E-state index contributed by atoms with van der Waals surface area (Å²) in [4.78, 5) is 11.8. The molecule has 0 atom stereocenters. The Morgan fingerprint density at radius 1 is 1.42 bits per heavy atom. The van der Waals surface area contributed by atoms with Gasteiger partial charge >= 0.3 is 0 Å². The molecule has 0 unspecified atom stereocenters. The highest BCUT2D eigenvalue weighted by molar-refractivity contribution is 8.13. The fourth-order valence-corrected chi connectivity index (χ4v) is 3.01. The lowest BCUT2D eigenvalue weighted by atomic mass is 10.2. The molecule has 0 N–H and O–H groups in total. The smallest absolute Gasteiger partial charge is 0.265 e. The Kier molecular flexibility index (Phi) is 4.76. The molecular weight excluding hydrogens is 323 g/mol. The SMILES string of the molecule is CCN(C)C(=O)c1cc(F)c(F)c(S(=O)(=O)Cl)c1Cl. The van der Waals surface area contributed by atoms with Gasteiger partial charge in [0.05, 0.1) is 10.6 Å². The third kappa shape index (κ3) is 3.16. The van der Waals surface area contributed by atoms with Crippen LogP contribution in [0.25, 0.3) is 0 Å². The van der Waals surface area contributed by atoms with Gasteiger partial charge in [0.2, 0.25) is 0 Å². The Bertz CT molecular complexity index is 634. The summed E-state index contributed by atoms with van der Waals surface area (Å²) < 4.78 is 49.2. The first-order valence-electron chi connectivity index (χ1n) is 4.98. The topological polar surface area (TPSA) is 54.5 Å². The highest BCUT2D eigenvalue weighted by atomic mass is 35.7. The molecule has 0 spiro atoms. The Labute approximate surface area is 118 Å². The summed E-state index contributed by atoms with van der Waals surface area (Å²) in [5, 5.41) is -0.737. The van der Waals surface area contributed by atoms with Gasteiger partial charge in [-0.15, -0.1) is 0 Å². The molecule has 1 amide bonds. The molecule has 0 aliphatic heterocycles. The van der Waals surface area contributed by atoms with E-state index < -0.39 is 42.1 Å². The first kappa shape index (κ1) is 16.1. The van der Waals surface area contributed by atoms with E-state index >= 15 is 0 Å². The highest BCUT2D eigenvalue weighted by Crippen LogP contribution is 2.32. The Balaban J connectivity index is 3.63. The summed E-state index contributed by atoms with van der Waals surface area (Å²) in [5.74, 6) is -3.97. The summed E-state index contributed by atoms with van der Waals surface area (Å²) in [7, 11) is 1.76. The van der Waals surface area contributed by atoms with Crippen LogP contribution in [0.4, 0.5) is 8.78 Å². The van der Waals surface area contributed by atoms with E-state index in [0.29, 0.717) is 6.07 Å². The lowest BCUT2D eigenvalue weighted by Crippen LogP contribution is -2.27. The lowest BCUT2D eigenvalue weighted by Gasteiger charge is -2.16. The average Bonchev–Trinajstić information content (AvgIpc) is 2.30. The van der Waals surface area contributed by atoms with Gasteiger partial charge < -0.3 is 4.90 Å². The second kappa shape index (κ2) is 5.60. The summed E-state index contributed by atoms with van der Waals surface area (Å²) in [6, 6.07) is 0.539. The van der Waals surface area contributed by atoms with Crippen molar-refractivity contribution in [3.8, 4) is 0 Å². The first-order valence-corrected chi connectivity index (χ1v) is 7.67. The van der Waals surface area contributed by atoms with Crippen LogP contribution in [0.3, 0.4) is 0 Å². The van der Waals surface area contributed by atoms with Crippen LogP contribution in [0, 0.1) is 11.6 Å². The number of amides is 1. The fourth-order valence-electron chi connectivity index (χ4n) is 1.30. The minimum atomic E-state index is -4.62. The molecule has 4 nitrogen and oxygen atoms in total. The van der Waals surface area contributed by atoms with E-state index in [0.717, 1.165) is 4.90 Å². The van der Waals surface area contributed by atoms with Crippen molar-refractivity contribution >= 4 is 37.2 Å². The van der Waals surface area contributed by atoms with Gasteiger partial charge in [0, 0.05) is 24.3 Å². The van der Waals surface area contributed by atoms with E-state index in [2.05, 4.69) is 0 Å². The zero-order chi connectivity index (χ0) is 15.0. The van der Waals surface area contributed by atoms with Gasteiger partial charge in [0.15, 0.2) is 11.6 Å². The molecule has 0 aliphatic carbocycles. The van der Waals surface area contributed by atoms with E-state index in [1.54, 1.807) is 6.92 Å². The number of rotatable bonds is 3. The van der Waals surface area contributed by atoms with Crippen molar-refractivity contribution in [3.05, 3.63) is 28.3 Å². The van der Waals surface area contributed by atoms with Crippen LogP contribution >= 0.6 is 22.3 Å². The maximum Gasteiger partial charge on any atom is 0.265 e. The predicted octanol–water partition coefficient (Wildman–Crippen LogP) is 2.64. The quantitative estimate of drug-likeness (QED) is 0.632. The molecule has 1 aromatic rings. The minimum Gasteiger partial charge on any atom is -0.342 e. The molecule has 0 saturated heterocycles. The summed E-state index contributed by atoms with van der Waals surface area (Å²) in [6.45, 7) is 1.92. The Morgan fingerprint density at radius 3 is 2.37 bits per heavy atom. The molecule has 1 aromatic carbocycles. The molecule has 0 heterocycles. The lowest BCUT2D eigenvalue weighted by molar-refractivity contribution is 0.0801. The largest absolute Gasteiger partial charge is 0.342 e. The average molecular weight is 332 g/mol. The number of hydrogen-bond donors (Lipinski definition) is 0. The zero-order valence-electron chi connectivity index (χ0n) is 9.88. The molecule has 106 valence electrons. The normalized spacial score (nSPS) is 11.5. The molecule has 0 aromatic heterocycles. The zero-order valence-corrected chi connectivity index (χ0v) is 12.2. The molecule has 1 rings (SSSR count). The number of benzene rings is 1. The van der Waals surface area contributed by atoms with Crippen molar-refractivity contribution in [3.63, 3.8) is 0 Å². The van der Waals surface area contributed by atoms with Crippen LogP contribution in [0.1, 0.15) is 17.3 Å². The Hall–Kier alpha value is -0.920. The second-order valence-corrected chi connectivity index (χ2v) is 6.50. The third-order valence-electron chi connectivity index (χ3n) is 2.41. The van der Waals surface area contributed by atoms with Crippen LogP contribution < -0.4 is 0 Å². The molecule has 9 heteroatoms. The molecule has 0 saturated carbocycles. The molecule has 19 heavy (non-hydrogen) atoms. The van der Waals surface area contributed by atoms with Crippen LogP contribution in [0.15, 0.2) is 11.0 Å². The van der Waals surface area contributed by atoms with Crippen LogP contribution in [-0.2, 0) is 9.05 Å². The summed E-state index contributed by atoms with van der Waals surface area (Å²) in [6.07, 6.45) is 0. The van der Waals surface area contributed by atoms with Crippen molar-refractivity contribution in [2.45, 2.75) is 11.8 Å².